The van der Waals surface area contributed by atoms with Crippen LogP contribution in [0.15, 0.2) is 60.7 Å². The first kappa shape index (κ1) is 26.1. The highest BCUT2D eigenvalue weighted by Crippen LogP contribution is 2.38. The summed E-state index contributed by atoms with van der Waals surface area (Å²) in [7, 11) is 0. The Kier molecular flexibility index (Phi) is 6.89. The van der Waals surface area contributed by atoms with Crippen LogP contribution in [0.3, 0.4) is 0 Å². The Hall–Kier alpha value is -3.87. The van der Waals surface area contributed by atoms with Crippen molar-refractivity contribution in [3.63, 3.8) is 0 Å². The van der Waals surface area contributed by atoms with Gasteiger partial charge in [0.25, 0.3) is 5.91 Å². The second-order valence-electron chi connectivity index (χ2n) is 10.7. The molecule has 6 nitrogen and oxygen atoms in total. The minimum atomic E-state index is -0.138. The van der Waals surface area contributed by atoms with Crippen LogP contribution < -0.4 is 16.0 Å². The molecule has 1 aliphatic heterocycles. The number of aryl methyl sites for hydroxylation is 1. The van der Waals surface area contributed by atoms with Crippen molar-refractivity contribution in [2.24, 2.45) is 0 Å². The standard InChI is InChI=1S/C33H29Cl2N5O/c34-21-10-7-19(8-11-21)30-25-5-3-15-36-32(25)26-16-20(9-14-28(26)40-30)33(41)38-18-37-31-23-4-1-2-6-27(23)39-29-17-22(35)12-13-24(29)31/h7-14,16-17,36H,1-6,15,18H2,(H,37,39)(H,38,41). The zero-order valence-corrected chi connectivity index (χ0v) is 24.0. The van der Waals surface area contributed by atoms with Crippen LogP contribution in [-0.2, 0) is 19.3 Å². The maximum Gasteiger partial charge on any atom is 0.252 e. The van der Waals surface area contributed by atoms with Crippen LogP contribution in [0.5, 0.6) is 0 Å². The monoisotopic (exact) mass is 581 g/mol. The van der Waals surface area contributed by atoms with E-state index < -0.39 is 0 Å². The van der Waals surface area contributed by atoms with Crippen LogP contribution in [0.25, 0.3) is 33.1 Å². The van der Waals surface area contributed by atoms with Gasteiger partial charge in [-0.1, -0.05) is 35.3 Å². The van der Waals surface area contributed by atoms with Gasteiger partial charge in [0, 0.05) is 61.1 Å². The lowest BCUT2D eigenvalue weighted by Crippen LogP contribution is -2.29. The third-order valence-electron chi connectivity index (χ3n) is 8.11. The SMILES string of the molecule is O=C(NCNc1c2c(nc3cc(Cl)ccc13)CCCC2)c1ccc2nc(-c3ccc(Cl)cc3)c3c(c2c1)NCCC3. The van der Waals surface area contributed by atoms with E-state index in [1.165, 1.54) is 11.1 Å². The number of nitrogens with one attached hydrogen (secondary N) is 3. The smallest absolute Gasteiger partial charge is 0.252 e. The molecule has 0 radical (unpaired) electrons. The third kappa shape index (κ3) is 4.96. The molecule has 41 heavy (non-hydrogen) atoms. The van der Waals surface area contributed by atoms with Gasteiger partial charge in [0.1, 0.15) is 0 Å². The molecule has 0 spiro atoms. The Morgan fingerprint density at radius 1 is 0.805 bits per heavy atom. The van der Waals surface area contributed by atoms with Crippen LogP contribution in [0.1, 0.15) is 46.4 Å². The number of rotatable bonds is 5. The van der Waals surface area contributed by atoms with Gasteiger partial charge >= 0.3 is 0 Å². The molecule has 0 saturated carbocycles. The van der Waals surface area contributed by atoms with E-state index in [2.05, 4.69) is 16.0 Å². The zero-order valence-electron chi connectivity index (χ0n) is 22.5. The normalized spacial score (nSPS) is 14.3. The number of pyridine rings is 2. The summed E-state index contributed by atoms with van der Waals surface area (Å²) in [6.07, 6.45) is 6.18. The van der Waals surface area contributed by atoms with Gasteiger partial charge in [0.05, 0.1) is 23.4 Å². The number of amides is 1. The summed E-state index contributed by atoms with van der Waals surface area (Å²) in [5, 5.41) is 13.5. The van der Waals surface area contributed by atoms with Crippen LogP contribution in [0, 0.1) is 0 Å². The van der Waals surface area contributed by atoms with E-state index in [9.17, 15) is 4.79 Å². The van der Waals surface area contributed by atoms with E-state index in [1.807, 2.05) is 60.7 Å². The molecule has 3 aromatic carbocycles. The summed E-state index contributed by atoms with van der Waals surface area (Å²) in [5.74, 6) is -0.138. The van der Waals surface area contributed by atoms with Gasteiger partial charge in [-0.25, -0.2) is 4.98 Å². The van der Waals surface area contributed by atoms with Crippen molar-refractivity contribution in [2.45, 2.75) is 38.5 Å². The summed E-state index contributed by atoms with van der Waals surface area (Å²) in [6, 6.07) is 19.4. The minimum absolute atomic E-state index is 0.138. The molecular formula is C33H29Cl2N5O. The van der Waals surface area contributed by atoms with Crippen molar-refractivity contribution < 1.29 is 4.79 Å². The molecule has 0 saturated heterocycles. The summed E-state index contributed by atoms with van der Waals surface area (Å²) < 4.78 is 0. The number of carbonyl (C=O) groups is 1. The predicted octanol–water partition coefficient (Wildman–Crippen LogP) is 7.79. The maximum absolute atomic E-state index is 13.3. The molecule has 3 heterocycles. The first-order chi connectivity index (χ1) is 20.0. The molecule has 0 fully saturated rings. The van der Waals surface area contributed by atoms with Crippen molar-refractivity contribution in [3.05, 3.63) is 93.1 Å². The number of nitrogens with zero attached hydrogens (tertiary/aromatic N) is 2. The number of carbonyl (C=O) groups excluding carboxylic acids is 1. The Balaban J connectivity index is 1.16. The summed E-state index contributed by atoms with van der Waals surface area (Å²) in [6.45, 7) is 1.19. The van der Waals surface area contributed by atoms with Crippen molar-refractivity contribution in [2.75, 3.05) is 23.8 Å². The average Bonchev–Trinajstić information content (AvgIpc) is 3.00. The van der Waals surface area contributed by atoms with Crippen LogP contribution >= 0.6 is 23.2 Å². The van der Waals surface area contributed by atoms with E-state index in [-0.39, 0.29) is 5.91 Å². The van der Waals surface area contributed by atoms with Gasteiger partial charge in [-0.3, -0.25) is 9.78 Å². The Morgan fingerprint density at radius 3 is 2.49 bits per heavy atom. The van der Waals surface area contributed by atoms with Gasteiger partial charge in [0.15, 0.2) is 0 Å². The highest BCUT2D eigenvalue weighted by Gasteiger charge is 2.21. The quantitative estimate of drug-likeness (QED) is 0.184. The van der Waals surface area contributed by atoms with Gasteiger partial charge in [-0.05, 0) is 92.6 Å². The first-order valence-corrected chi connectivity index (χ1v) is 14.9. The topological polar surface area (TPSA) is 78.9 Å². The van der Waals surface area contributed by atoms with E-state index in [0.29, 0.717) is 22.3 Å². The zero-order chi connectivity index (χ0) is 27.9. The molecule has 5 aromatic rings. The lowest BCUT2D eigenvalue weighted by atomic mass is 9.92. The van der Waals surface area contributed by atoms with E-state index in [4.69, 9.17) is 33.2 Å². The van der Waals surface area contributed by atoms with Crippen molar-refractivity contribution in [1.29, 1.82) is 0 Å². The molecule has 7 rings (SSSR count). The van der Waals surface area contributed by atoms with Crippen LogP contribution in [-0.4, -0.2) is 29.1 Å². The Morgan fingerprint density at radius 2 is 1.61 bits per heavy atom. The molecular weight excluding hydrogens is 553 g/mol. The molecule has 8 heteroatoms. The lowest BCUT2D eigenvalue weighted by molar-refractivity contribution is 0.0956. The van der Waals surface area contributed by atoms with Crippen molar-refractivity contribution in [1.82, 2.24) is 15.3 Å². The highest BCUT2D eigenvalue weighted by atomic mass is 35.5. The number of halogens is 2. The lowest BCUT2D eigenvalue weighted by Gasteiger charge is -2.23. The van der Waals surface area contributed by atoms with Crippen LogP contribution in [0.2, 0.25) is 10.0 Å². The molecule has 0 bridgehead atoms. The van der Waals surface area contributed by atoms with E-state index >= 15 is 0 Å². The first-order valence-electron chi connectivity index (χ1n) is 14.1. The number of fused-ring (bicyclic) bond motifs is 5. The fourth-order valence-electron chi connectivity index (χ4n) is 6.13. The Bertz CT molecular complexity index is 1820. The van der Waals surface area contributed by atoms with E-state index in [1.54, 1.807) is 0 Å². The molecule has 2 aliphatic rings. The van der Waals surface area contributed by atoms with Gasteiger partial charge in [0.2, 0.25) is 0 Å². The number of anilines is 2. The number of aromatic nitrogens is 2. The van der Waals surface area contributed by atoms with E-state index in [0.717, 1.165) is 95.2 Å². The van der Waals surface area contributed by atoms with Gasteiger partial charge in [-0.2, -0.15) is 0 Å². The van der Waals surface area contributed by atoms with Crippen molar-refractivity contribution in [3.8, 4) is 11.3 Å². The summed E-state index contributed by atoms with van der Waals surface area (Å²) in [5.41, 5.74) is 9.98. The maximum atomic E-state index is 13.3. The number of hydrogen-bond donors (Lipinski definition) is 3. The molecule has 1 aliphatic carbocycles. The molecule has 1 amide bonds. The largest absolute Gasteiger partial charge is 0.384 e. The fourth-order valence-corrected chi connectivity index (χ4v) is 6.42. The third-order valence-corrected chi connectivity index (χ3v) is 8.60. The summed E-state index contributed by atoms with van der Waals surface area (Å²) in [4.78, 5) is 23.2. The molecule has 0 unspecified atom stereocenters. The molecule has 206 valence electrons. The molecule has 2 aromatic heterocycles. The average molecular weight is 583 g/mol. The fraction of sp³-hybridized carbons (Fsp3) is 0.242. The number of hydrogen-bond acceptors (Lipinski definition) is 5. The van der Waals surface area contributed by atoms with Gasteiger partial charge in [-0.15, -0.1) is 0 Å². The van der Waals surface area contributed by atoms with Gasteiger partial charge < -0.3 is 16.0 Å². The van der Waals surface area contributed by atoms with Crippen LogP contribution in [0.4, 0.5) is 11.4 Å². The molecule has 0 atom stereocenters. The second kappa shape index (κ2) is 10.8. The number of benzene rings is 3. The summed E-state index contributed by atoms with van der Waals surface area (Å²) >= 11 is 12.4. The predicted molar refractivity (Wildman–Crippen MR) is 168 cm³/mol. The van der Waals surface area contributed by atoms with Crippen molar-refractivity contribution >= 4 is 62.3 Å². The molecule has 3 N–H and O–H groups in total. The minimum Gasteiger partial charge on any atom is -0.384 e. The second-order valence-corrected chi connectivity index (χ2v) is 11.6. The highest BCUT2D eigenvalue weighted by molar-refractivity contribution is 6.31. The Labute approximate surface area is 248 Å².